The molecule has 7 nitrogen and oxygen atoms in total. The zero-order chi connectivity index (χ0) is 19.6. The molecule has 0 aromatic heterocycles. The number of piperazine rings is 1. The summed E-state index contributed by atoms with van der Waals surface area (Å²) in [5.74, 6) is 0.870. The molecule has 1 N–H and O–H groups in total. The topological polar surface area (TPSA) is 60.4 Å². The van der Waals surface area contributed by atoms with E-state index in [4.69, 9.17) is 4.74 Å². The molecular formula is C20H34IN5O2. The molecule has 1 aliphatic heterocycles. The third-order valence-electron chi connectivity index (χ3n) is 4.75. The molecule has 1 saturated heterocycles. The van der Waals surface area contributed by atoms with Crippen molar-refractivity contribution >= 4 is 36.0 Å². The van der Waals surface area contributed by atoms with E-state index < -0.39 is 0 Å². The van der Waals surface area contributed by atoms with Gasteiger partial charge in [-0.15, -0.1) is 24.0 Å². The summed E-state index contributed by atoms with van der Waals surface area (Å²) in [4.78, 5) is 22.4. The van der Waals surface area contributed by atoms with Crippen molar-refractivity contribution < 1.29 is 9.53 Å². The highest BCUT2D eigenvalue weighted by atomic mass is 127. The number of guanidine groups is 1. The Hall–Kier alpha value is -1.55. The minimum Gasteiger partial charge on any atom is -0.450 e. The quantitative estimate of drug-likeness (QED) is 0.368. The second-order valence-electron chi connectivity index (χ2n) is 6.72. The summed E-state index contributed by atoms with van der Waals surface area (Å²) in [5, 5.41) is 3.45. The van der Waals surface area contributed by atoms with Gasteiger partial charge >= 0.3 is 6.09 Å². The average Bonchev–Trinajstić information content (AvgIpc) is 2.69. The summed E-state index contributed by atoms with van der Waals surface area (Å²) in [5.41, 5.74) is 2.56. The van der Waals surface area contributed by atoms with Crippen molar-refractivity contribution in [1.29, 1.82) is 0 Å². The van der Waals surface area contributed by atoms with E-state index >= 15 is 0 Å². The smallest absolute Gasteiger partial charge is 0.409 e. The maximum absolute atomic E-state index is 11.8. The number of carbonyl (C=O) groups is 1. The number of benzene rings is 1. The molecule has 0 spiro atoms. The van der Waals surface area contributed by atoms with Crippen LogP contribution in [0.3, 0.4) is 0 Å². The summed E-state index contributed by atoms with van der Waals surface area (Å²) in [6.07, 6.45) is -0.228. The van der Waals surface area contributed by atoms with Gasteiger partial charge in [-0.25, -0.2) is 4.79 Å². The minimum atomic E-state index is -0.228. The van der Waals surface area contributed by atoms with Gasteiger partial charge in [-0.1, -0.05) is 31.2 Å². The largest absolute Gasteiger partial charge is 0.450 e. The first kappa shape index (κ1) is 24.5. The number of nitrogens with zero attached hydrogens (tertiary/aromatic N) is 4. The number of nitrogens with one attached hydrogen (secondary N) is 1. The van der Waals surface area contributed by atoms with Crippen molar-refractivity contribution in [3.05, 3.63) is 35.4 Å². The Morgan fingerprint density at radius 3 is 2.43 bits per heavy atom. The van der Waals surface area contributed by atoms with Gasteiger partial charge in [0, 0.05) is 46.3 Å². The van der Waals surface area contributed by atoms with Crippen LogP contribution in [0.5, 0.6) is 0 Å². The Kier molecular flexibility index (Phi) is 11.2. The van der Waals surface area contributed by atoms with E-state index in [1.54, 1.807) is 11.9 Å². The van der Waals surface area contributed by atoms with Gasteiger partial charge < -0.3 is 24.8 Å². The van der Waals surface area contributed by atoms with Gasteiger partial charge in [0.1, 0.15) is 0 Å². The van der Waals surface area contributed by atoms with Crippen LogP contribution >= 0.6 is 24.0 Å². The summed E-state index contributed by atoms with van der Waals surface area (Å²) in [7, 11) is 3.93. The summed E-state index contributed by atoms with van der Waals surface area (Å²) in [6, 6.07) is 8.65. The van der Waals surface area contributed by atoms with Gasteiger partial charge in [0.05, 0.1) is 6.61 Å². The molecule has 0 bridgehead atoms. The van der Waals surface area contributed by atoms with E-state index in [9.17, 15) is 4.79 Å². The van der Waals surface area contributed by atoms with Gasteiger partial charge in [-0.3, -0.25) is 4.99 Å². The fourth-order valence-electron chi connectivity index (χ4n) is 3.09. The first-order valence-electron chi connectivity index (χ1n) is 9.71. The summed E-state index contributed by atoms with van der Waals surface area (Å²) < 4.78 is 5.07. The Labute approximate surface area is 186 Å². The van der Waals surface area contributed by atoms with E-state index in [0.29, 0.717) is 19.7 Å². The van der Waals surface area contributed by atoms with E-state index in [0.717, 1.165) is 38.7 Å². The molecule has 1 aromatic carbocycles. The molecule has 1 amide bonds. The third kappa shape index (κ3) is 7.46. The second-order valence-corrected chi connectivity index (χ2v) is 6.72. The number of carbonyl (C=O) groups excluding carboxylic acids is 1. The number of aliphatic imine (C=N–C) groups is 1. The zero-order valence-corrected chi connectivity index (χ0v) is 19.8. The van der Waals surface area contributed by atoms with Crippen LogP contribution in [0.1, 0.15) is 25.0 Å². The molecule has 0 saturated carbocycles. The van der Waals surface area contributed by atoms with E-state index in [1.807, 2.05) is 6.92 Å². The highest BCUT2D eigenvalue weighted by molar-refractivity contribution is 14.0. The number of halogens is 1. The SMILES string of the molecule is CCOC(=O)N1CCN(C(=NC)NCc2cccc(CN(C)CC)c2)CC1.I. The molecule has 1 fully saturated rings. The zero-order valence-electron chi connectivity index (χ0n) is 17.5. The lowest BCUT2D eigenvalue weighted by atomic mass is 10.1. The lowest BCUT2D eigenvalue weighted by Gasteiger charge is -2.35. The maximum atomic E-state index is 11.8. The number of hydrogen-bond donors (Lipinski definition) is 1. The molecule has 0 radical (unpaired) electrons. The van der Waals surface area contributed by atoms with E-state index in [1.165, 1.54) is 11.1 Å². The number of hydrogen-bond acceptors (Lipinski definition) is 4. The summed E-state index contributed by atoms with van der Waals surface area (Å²) >= 11 is 0. The lowest BCUT2D eigenvalue weighted by molar-refractivity contribution is 0.0914. The number of ether oxygens (including phenoxy) is 1. The van der Waals surface area contributed by atoms with Gasteiger partial charge in [-0.05, 0) is 31.6 Å². The van der Waals surface area contributed by atoms with Crippen LogP contribution in [-0.4, -0.2) is 80.2 Å². The lowest BCUT2D eigenvalue weighted by Crippen LogP contribution is -2.53. The Balaban J connectivity index is 0.00000392. The van der Waals surface area contributed by atoms with Gasteiger partial charge in [0.25, 0.3) is 0 Å². The molecule has 1 aromatic rings. The van der Waals surface area contributed by atoms with Gasteiger partial charge in [-0.2, -0.15) is 0 Å². The van der Waals surface area contributed by atoms with Gasteiger partial charge in [0.2, 0.25) is 0 Å². The Morgan fingerprint density at radius 2 is 1.82 bits per heavy atom. The minimum absolute atomic E-state index is 0. The highest BCUT2D eigenvalue weighted by Gasteiger charge is 2.23. The molecule has 1 heterocycles. The first-order valence-corrected chi connectivity index (χ1v) is 9.71. The molecule has 158 valence electrons. The molecule has 1 aliphatic rings. The van der Waals surface area contributed by atoms with Crippen LogP contribution in [0.2, 0.25) is 0 Å². The second kappa shape index (κ2) is 12.8. The highest BCUT2D eigenvalue weighted by Crippen LogP contribution is 2.09. The van der Waals surface area contributed by atoms with Crippen molar-refractivity contribution in [1.82, 2.24) is 20.0 Å². The molecule has 0 aliphatic carbocycles. The van der Waals surface area contributed by atoms with Crippen LogP contribution in [0.4, 0.5) is 4.79 Å². The molecule has 8 heteroatoms. The third-order valence-corrected chi connectivity index (χ3v) is 4.75. The van der Waals surface area contributed by atoms with Crippen LogP contribution in [-0.2, 0) is 17.8 Å². The van der Waals surface area contributed by atoms with Crippen molar-refractivity contribution in [2.45, 2.75) is 26.9 Å². The average molecular weight is 503 g/mol. The number of amides is 1. The fourth-order valence-corrected chi connectivity index (χ4v) is 3.09. The van der Waals surface area contributed by atoms with Crippen molar-refractivity contribution in [2.75, 3.05) is 53.4 Å². The first-order chi connectivity index (χ1) is 13.1. The van der Waals surface area contributed by atoms with E-state index in [2.05, 4.69) is 58.3 Å². The Bertz CT molecular complexity index is 633. The summed E-state index contributed by atoms with van der Waals surface area (Å²) in [6.45, 7) is 9.92. The predicted molar refractivity (Wildman–Crippen MR) is 124 cm³/mol. The molecule has 0 atom stereocenters. The Morgan fingerprint density at radius 1 is 1.18 bits per heavy atom. The monoisotopic (exact) mass is 503 g/mol. The van der Waals surface area contributed by atoms with Crippen molar-refractivity contribution in [2.24, 2.45) is 4.99 Å². The van der Waals surface area contributed by atoms with Crippen LogP contribution in [0.25, 0.3) is 0 Å². The standard InChI is InChI=1S/C20H33N5O2.HI/c1-5-23(4)16-18-9-7-8-17(14-18)15-22-19(21-3)24-10-12-25(13-11-24)20(26)27-6-2;/h7-9,14H,5-6,10-13,15-16H2,1-4H3,(H,21,22);1H. The number of rotatable bonds is 6. The predicted octanol–water partition coefficient (Wildman–Crippen LogP) is 2.61. The maximum Gasteiger partial charge on any atom is 0.409 e. The van der Waals surface area contributed by atoms with Crippen molar-refractivity contribution in [3.8, 4) is 0 Å². The molecule has 0 unspecified atom stereocenters. The van der Waals surface area contributed by atoms with Crippen LogP contribution < -0.4 is 5.32 Å². The molecule has 28 heavy (non-hydrogen) atoms. The van der Waals surface area contributed by atoms with E-state index in [-0.39, 0.29) is 30.1 Å². The normalized spacial score (nSPS) is 14.7. The molecule has 2 rings (SSSR count). The van der Waals surface area contributed by atoms with Crippen molar-refractivity contribution in [3.63, 3.8) is 0 Å². The molecular weight excluding hydrogens is 469 g/mol. The van der Waals surface area contributed by atoms with Crippen LogP contribution in [0.15, 0.2) is 29.3 Å². The fraction of sp³-hybridized carbons (Fsp3) is 0.600. The van der Waals surface area contributed by atoms with Gasteiger partial charge in [0.15, 0.2) is 5.96 Å². The van der Waals surface area contributed by atoms with Crippen LogP contribution in [0, 0.1) is 0 Å².